The Bertz CT molecular complexity index is 815. The minimum absolute atomic E-state index is 0.190. The molecule has 0 fully saturated rings. The Morgan fingerprint density at radius 2 is 1.90 bits per heavy atom. The molecule has 1 aromatic heterocycles. The van der Waals surface area contributed by atoms with Gasteiger partial charge in [-0.15, -0.1) is 11.6 Å². The second-order valence-corrected chi connectivity index (χ2v) is 5.32. The summed E-state index contributed by atoms with van der Waals surface area (Å²) in [6, 6.07) is 8.77. The Morgan fingerprint density at radius 1 is 1.10 bits per heavy atom. The van der Waals surface area contributed by atoms with Gasteiger partial charge < -0.3 is 4.57 Å². The fourth-order valence-electron chi connectivity index (χ4n) is 2.24. The number of hydrogen-bond donors (Lipinski definition) is 0. The first-order valence-electron chi connectivity index (χ1n) is 6.23. The Labute approximate surface area is 129 Å². The van der Waals surface area contributed by atoms with Crippen LogP contribution in [0.5, 0.6) is 0 Å². The normalized spacial score (nSPS) is 11.2. The van der Waals surface area contributed by atoms with E-state index in [1.807, 2.05) is 0 Å². The summed E-state index contributed by atoms with van der Waals surface area (Å²) >= 11 is 11.9. The van der Waals surface area contributed by atoms with Gasteiger partial charge in [-0.1, -0.05) is 17.7 Å². The van der Waals surface area contributed by atoms with Gasteiger partial charge in [0.15, 0.2) is 0 Å². The van der Waals surface area contributed by atoms with Crippen LogP contribution in [0.3, 0.4) is 0 Å². The maximum absolute atomic E-state index is 13.8. The van der Waals surface area contributed by atoms with Crippen molar-refractivity contribution in [1.82, 2.24) is 9.55 Å². The molecule has 108 valence electrons. The number of halogens is 4. The van der Waals surface area contributed by atoms with E-state index >= 15 is 0 Å². The second-order valence-electron chi connectivity index (χ2n) is 4.62. The predicted molar refractivity (Wildman–Crippen MR) is 79.8 cm³/mol. The van der Waals surface area contributed by atoms with Crippen LogP contribution in [0.2, 0.25) is 5.02 Å². The van der Waals surface area contributed by atoms with Gasteiger partial charge in [-0.05, 0) is 24.3 Å². The van der Waals surface area contributed by atoms with Crippen LogP contribution in [0, 0.1) is 11.6 Å². The molecule has 0 saturated carbocycles. The fraction of sp³-hybridized carbons (Fsp3) is 0.133. The maximum Gasteiger partial charge on any atom is 0.131 e. The zero-order chi connectivity index (χ0) is 15.0. The molecular formula is C15H10Cl2F2N2. The molecule has 0 aliphatic carbocycles. The number of alkyl halides is 1. The van der Waals surface area contributed by atoms with Gasteiger partial charge in [0.05, 0.1) is 23.5 Å². The molecule has 2 aromatic carbocycles. The van der Waals surface area contributed by atoms with Gasteiger partial charge in [0.25, 0.3) is 0 Å². The smallest absolute Gasteiger partial charge is 0.131 e. The van der Waals surface area contributed by atoms with E-state index in [0.29, 0.717) is 16.4 Å². The van der Waals surface area contributed by atoms with Gasteiger partial charge in [-0.25, -0.2) is 13.8 Å². The number of rotatable bonds is 3. The zero-order valence-corrected chi connectivity index (χ0v) is 12.3. The highest BCUT2D eigenvalue weighted by molar-refractivity contribution is 6.31. The number of nitrogens with zero attached hydrogens (tertiary/aromatic N) is 2. The summed E-state index contributed by atoms with van der Waals surface area (Å²) in [6.45, 7) is 0.213. The molecule has 0 atom stereocenters. The molecule has 0 amide bonds. The number of benzene rings is 2. The molecule has 0 spiro atoms. The van der Waals surface area contributed by atoms with Gasteiger partial charge in [0.2, 0.25) is 0 Å². The van der Waals surface area contributed by atoms with E-state index in [0.717, 1.165) is 17.1 Å². The highest BCUT2D eigenvalue weighted by Crippen LogP contribution is 2.23. The molecule has 0 unspecified atom stereocenters. The molecule has 3 aromatic rings. The third-order valence-electron chi connectivity index (χ3n) is 3.25. The average Bonchev–Trinajstić information content (AvgIpc) is 2.79. The van der Waals surface area contributed by atoms with Crippen molar-refractivity contribution < 1.29 is 8.78 Å². The molecule has 6 heteroatoms. The van der Waals surface area contributed by atoms with Gasteiger partial charge in [0, 0.05) is 16.7 Å². The molecule has 1 heterocycles. The van der Waals surface area contributed by atoms with Crippen LogP contribution in [0.15, 0.2) is 36.4 Å². The summed E-state index contributed by atoms with van der Waals surface area (Å²) in [6.07, 6.45) is 0. The lowest BCUT2D eigenvalue weighted by atomic mass is 10.2. The van der Waals surface area contributed by atoms with Crippen LogP contribution in [-0.2, 0) is 12.4 Å². The third kappa shape index (κ3) is 2.74. The Morgan fingerprint density at radius 3 is 2.62 bits per heavy atom. The van der Waals surface area contributed by atoms with Crippen molar-refractivity contribution in [2.75, 3.05) is 0 Å². The van der Waals surface area contributed by atoms with E-state index < -0.39 is 11.6 Å². The molecule has 0 bridgehead atoms. The van der Waals surface area contributed by atoms with Crippen LogP contribution in [-0.4, -0.2) is 9.55 Å². The first kappa shape index (κ1) is 14.3. The van der Waals surface area contributed by atoms with E-state index in [2.05, 4.69) is 4.98 Å². The van der Waals surface area contributed by atoms with Crippen LogP contribution in [0.4, 0.5) is 8.78 Å². The molecule has 0 saturated heterocycles. The van der Waals surface area contributed by atoms with Crippen LogP contribution in [0.1, 0.15) is 11.4 Å². The summed E-state index contributed by atoms with van der Waals surface area (Å²) < 4.78 is 28.6. The summed E-state index contributed by atoms with van der Waals surface area (Å²) in [5.41, 5.74) is 1.86. The minimum Gasteiger partial charge on any atom is -0.322 e. The Kier molecular flexibility index (Phi) is 3.83. The van der Waals surface area contributed by atoms with Crippen LogP contribution >= 0.6 is 23.2 Å². The van der Waals surface area contributed by atoms with Crippen LogP contribution in [0.25, 0.3) is 11.0 Å². The molecule has 21 heavy (non-hydrogen) atoms. The second kappa shape index (κ2) is 5.62. The highest BCUT2D eigenvalue weighted by atomic mass is 35.5. The lowest BCUT2D eigenvalue weighted by Crippen LogP contribution is -2.05. The van der Waals surface area contributed by atoms with Crippen molar-refractivity contribution in [2.24, 2.45) is 0 Å². The zero-order valence-electron chi connectivity index (χ0n) is 10.8. The molecular weight excluding hydrogens is 317 g/mol. The minimum atomic E-state index is -0.604. The number of hydrogen-bond acceptors (Lipinski definition) is 1. The van der Waals surface area contributed by atoms with E-state index in [-0.39, 0.29) is 12.4 Å². The summed E-state index contributed by atoms with van der Waals surface area (Å²) in [4.78, 5) is 4.39. The maximum atomic E-state index is 13.8. The van der Waals surface area contributed by atoms with Gasteiger partial charge in [-0.3, -0.25) is 0 Å². The van der Waals surface area contributed by atoms with E-state index in [4.69, 9.17) is 23.2 Å². The van der Waals surface area contributed by atoms with Crippen molar-refractivity contribution in [1.29, 1.82) is 0 Å². The lowest BCUT2D eigenvalue weighted by molar-refractivity contribution is 0.566. The molecule has 0 N–H and O–H groups in total. The van der Waals surface area contributed by atoms with E-state index in [9.17, 15) is 8.78 Å². The quantitative estimate of drug-likeness (QED) is 0.635. The molecule has 0 aliphatic rings. The standard InChI is InChI=1S/C15H10Cl2F2N2/c16-7-15-20-13-4-2-10(17)5-14(13)21(15)8-9-1-3-11(18)6-12(9)19/h1-6H,7-8H2. The summed E-state index contributed by atoms with van der Waals surface area (Å²) in [5.74, 6) is -0.404. The summed E-state index contributed by atoms with van der Waals surface area (Å²) in [7, 11) is 0. The number of imidazole rings is 1. The topological polar surface area (TPSA) is 17.8 Å². The Balaban J connectivity index is 2.12. The highest BCUT2D eigenvalue weighted by Gasteiger charge is 2.13. The van der Waals surface area contributed by atoms with Gasteiger partial charge in [0.1, 0.15) is 17.5 Å². The van der Waals surface area contributed by atoms with Crippen molar-refractivity contribution in [3.8, 4) is 0 Å². The van der Waals surface area contributed by atoms with Crippen molar-refractivity contribution in [3.05, 3.63) is 64.4 Å². The average molecular weight is 327 g/mol. The van der Waals surface area contributed by atoms with Crippen molar-refractivity contribution in [2.45, 2.75) is 12.4 Å². The van der Waals surface area contributed by atoms with Crippen molar-refractivity contribution >= 4 is 34.2 Å². The van der Waals surface area contributed by atoms with Crippen molar-refractivity contribution in [3.63, 3.8) is 0 Å². The lowest BCUT2D eigenvalue weighted by Gasteiger charge is -2.09. The number of aromatic nitrogens is 2. The first-order valence-corrected chi connectivity index (χ1v) is 7.14. The van der Waals surface area contributed by atoms with Gasteiger partial charge in [-0.2, -0.15) is 0 Å². The monoisotopic (exact) mass is 326 g/mol. The van der Waals surface area contributed by atoms with E-state index in [1.165, 1.54) is 12.1 Å². The molecule has 0 radical (unpaired) electrons. The largest absolute Gasteiger partial charge is 0.322 e. The SMILES string of the molecule is Fc1ccc(Cn2c(CCl)nc3ccc(Cl)cc32)c(F)c1. The van der Waals surface area contributed by atoms with Crippen LogP contribution < -0.4 is 0 Å². The van der Waals surface area contributed by atoms with E-state index in [1.54, 1.807) is 22.8 Å². The molecule has 3 rings (SSSR count). The Hall–Kier alpha value is -1.65. The fourth-order valence-corrected chi connectivity index (χ4v) is 2.61. The molecule has 2 nitrogen and oxygen atoms in total. The predicted octanol–water partition coefficient (Wildman–Crippen LogP) is 4.76. The number of fused-ring (bicyclic) bond motifs is 1. The summed E-state index contributed by atoms with van der Waals surface area (Å²) in [5, 5.41) is 0.560. The first-order chi connectivity index (χ1) is 10.1. The van der Waals surface area contributed by atoms with Gasteiger partial charge >= 0.3 is 0 Å². The molecule has 0 aliphatic heterocycles. The third-order valence-corrected chi connectivity index (χ3v) is 3.73.